The van der Waals surface area contributed by atoms with Gasteiger partial charge in [-0.05, 0) is 54.1 Å². The van der Waals surface area contributed by atoms with Gasteiger partial charge >= 0.3 is 0 Å². The molecule has 0 saturated heterocycles. The van der Waals surface area contributed by atoms with Crippen LogP contribution < -0.4 is 10.6 Å². The average molecular weight is 349 g/mol. The maximum atomic E-state index is 13.2. The third kappa shape index (κ3) is 4.51. The standard InChI is InChI=1S/C20H16FN3O2/c21-17-5-2-6-18(12-17)24-20(26)16-4-1-3-15(11-16)19(25)23-13-14-7-9-22-10-8-14/h1-12H,13H2,(H,23,25)(H,24,26). The van der Waals surface area contributed by atoms with E-state index < -0.39 is 11.7 Å². The first-order chi connectivity index (χ1) is 12.6. The summed E-state index contributed by atoms with van der Waals surface area (Å²) in [6, 6.07) is 15.6. The molecule has 0 atom stereocenters. The summed E-state index contributed by atoms with van der Waals surface area (Å²) in [4.78, 5) is 28.5. The summed E-state index contributed by atoms with van der Waals surface area (Å²) < 4.78 is 13.2. The molecule has 0 aliphatic rings. The van der Waals surface area contributed by atoms with E-state index in [0.717, 1.165) is 5.56 Å². The van der Waals surface area contributed by atoms with Gasteiger partial charge in [-0.1, -0.05) is 12.1 Å². The fraction of sp³-hybridized carbons (Fsp3) is 0.0500. The first kappa shape index (κ1) is 17.3. The highest BCUT2D eigenvalue weighted by Gasteiger charge is 2.11. The molecular formula is C20H16FN3O2. The molecule has 130 valence electrons. The highest BCUT2D eigenvalue weighted by Crippen LogP contribution is 2.12. The highest BCUT2D eigenvalue weighted by atomic mass is 19.1. The fourth-order valence-electron chi connectivity index (χ4n) is 2.36. The summed E-state index contributed by atoms with van der Waals surface area (Å²) in [5.74, 6) is -1.14. The summed E-state index contributed by atoms with van der Waals surface area (Å²) in [5, 5.41) is 5.40. The Morgan fingerprint density at radius 3 is 2.31 bits per heavy atom. The van der Waals surface area contributed by atoms with E-state index >= 15 is 0 Å². The van der Waals surface area contributed by atoms with E-state index in [1.165, 1.54) is 24.3 Å². The molecule has 3 rings (SSSR count). The zero-order chi connectivity index (χ0) is 18.4. The number of carbonyl (C=O) groups is 2. The molecule has 2 aromatic carbocycles. The Morgan fingerprint density at radius 2 is 1.58 bits per heavy atom. The SMILES string of the molecule is O=C(NCc1ccncc1)c1cccc(C(=O)Nc2cccc(F)c2)c1. The van der Waals surface area contributed by atoms with Gasteiger partial charge in [0.25, 0.3) is 11.8 Å². The van der Waals surface area contributed by atoms with Gasteiger partial charge in [-0.3, -0.25) is 14.6 Å². The first-order valence-electron chi connectivity index (χ1n) is 7.96. The van der Waals surface area contributed by atoms with Crippen molar-refractivity contribution in [3.05, 3.63) is 95.6 Å². The van der Waals surface area contributed by atoms with Crippen LogP contribution in [-0.4, -0.2) is 16.8 Å². The van der Waals surface area contributed by atoms with Gasteiger partial charge in [0.1, 0.15) is 5.82 Å². The lowest BCUT2D eigenvalue weighted by Gasteiger charge is -2.08. The predicted octanol–water partition coefficient (Wildman–Crippen LogP) is 3.40. The van der Waals surface area contributed by atoms with E-state index in [-0.39, 0.29) is 5.91 Å². The summed E-state index contributed by atoms with van der Waals surface area (Å²) in [6.45, 7) is 0.362. The van der Waals surface area contributed by atoms with E-state index in [0.29, 0.717) is 23.4 Å². The van der Waals surface area contributed by atoms with Gasteiger partial charge in [-0.2, -0.15) is 0 Å². The quantitative estimate of drug-likeness (QED) is 0.742. The lowest BCUT2D eigenvalue weighted by molar-refractivity contribution is 0.0951. The van der Waals surface area contributed by atoms with Crippen LogP contribution in [0.2, 0.25) is 0 Å². The minimum absolute atomic E-state index is 0.290. The molecule has 0 radical (unpaired) electrons. The van der Waals surface area contributed by atoms with Crippen LogP contribution >= 0.6 is 0 Å². The van der Waals surface area contributed by atoms with Crippen molar-refractivity contribution in [3.8, 4) is 0 Å². The summed E-state index contributed by atoms with van der Waals surface area (Å²) in [5.41, 5.74) is 1.95. The lowest BCUT2D eigenvalue weighted by atomic mass is 10.1. The molecule has 5 nitrogen and oxygen atoms in total. The summed E-state index contributed by atoms with van der Waals surface area (Å²) in [7, 11) is 0. The van der Waals surface area contributed by atoms with Crippen molar-refractivity contribution in [2.75, 3.05) is 5.32 Å². The van der Waals surface area contributed by atoms with E-state index in [4.69, 9.17) is 0 Å². The van der Waals surface area contributed by atoms with E-state index in [1.54, 1.807) is 36.7 Å². The van der Waals surface area contributed by atoms with Crippen molar-refractivity contribution in [1.82, 2.24) is 10.3 Å². The Labute approximate surface area is 149 Å². The Balaban J connectivity index is 1.67. The van der Waals surface area contributed by atoms with Crippen LogP contribution in [0, 0.1) is 5.82 Å². The number of halogens is 1. The Kier molecular flexibility index (Phi) is 5.34. The van der Waals surface area contributed by atoms with Gasteiger partial charge in [-0.25, -0.2) is 4.39 Å². The minimum atomic E-state index is -0.438. The molecule has 1 aromatic heterocycles. The molecule has 0 bridgehead atoms. The van der Waals surface area contributed by atoms with Gasteiger partial charge in [0, 0.05) is 35.8 Å². The molecule has 2 N–H and O–H groups in total. The maximum Gasteiger partial charge on any atom is 0.255 e. The van der Waals surface area contributed by atoms with E-state index in [2.05, 4.69) is 15.6 Å². The zero-order valence-corrected chi connectivity index (χ0v) is 13.8. The molecule has 6 heteroatoms. The predicted molar refractivity (Wildman–Crippen MR) is 96.2 cm³/mol. The van der Waals surface area contributed by atoms with Crippen LogP contribution in [-0.2, 0) is 6.54 Å². The number of pyridine rings is 1. The molecule has 0 spiro atoms. The third-order valence-electron chi connectivity index (χ3n) is 3.67. The number of amides is 2. The number of rotatable bonds is 5. The van der Waals surface area contributed by atoms with Crippen LogP contribution in [0.25, 0.3) is 0 Å². The molecular weight excluding hydrogens is 333 g/mol. The topological polar surface area (TPSA) is 71.1 Å². The molecule has 1 heterocycles. The van der Waals surface area contributed by atoms with Gasteiger partial charge in [0.15, 0.2) is 0 Å². The molecule has 26 heavy (non-hydrogen) atoms. The third-order valence-corrected chi connectivity index (χ3v) is 3.67. The molecule has 2 amide bonds. The summed E-state index contributed by atoms with van der Waals surface area (Å²) >= 11 is 0. The van der Waals surface area contributed by atoms with Gasteiger partial charge in [0.05, 0.1) is 0 Å². The maximum absolute atomic E-state index is 13.2. The van der Waals surface area contributed by atoms with E-state index in [1.807, 2.05) is 12.1 Å². The molecule has 3 aromatic rings. The number of aromatic nitrogens is 1. The lowest BCUT2D eigenvalue weighted by Crippen LogP contribution is -2.23. The Morgan fingerprint density at radius 1 is 0.885 bits per heavy atom. The number of benzene rings is 2. The molecule has 0 aliphatic heterocycles. The van der Waals surface area contributed by atoms with Crippen molar-refractivity contribution >= 4 is 17.5 Å². The second kappa shape index (κ2) is 8.02. The second-order valence-electron chi connectivity index (χ2n) is 5.58. The summed E-state index contributed by atoms with van der Waals surface area (Å²) in [6.07, 6.45) is 3.30. The van der Waals surface area contributed by atoms with Crippen molar-refractivity contribution in [1.29, 1.82) is 0 Å². The van der Waals surface area contributed by atoms with Gasteiger partial charge < -0.3 is 10.6 Å². The van der Waals surface area contributed by atoms with E-state index in [9.17, 15) is 14.0 Å². The fourth-order valence-corrected chi connectivity index (χ4v) is 2.36. The van der Waals surface area contributed by atoms with Crippen molar-refractivity contribution in [2.45, 2.75) is 6.54 Å². The minimum Gasteiger partial charge on any atom is -0.348 e. The molecule has 0 fully saturated rings. The first-order valence-corrected chi connectivity index (χ1v) is 7.96. The van der Waals surface area contributed by atoms with Crippen LogP contribution in [0.3, 0.4) is 0 Å². The van der Waals surface area contributed by atoms with Crippen LogP contribution in [0.15, 0.2) is 73.1 Å². The van der Waals surface area contributed by atoms with Crippen LogP contribution in [0.4, 0.5) is 10.1 Å². The highest BCUT2D eigenvalue weighted by molar-refractivity contribution is 6.06. The molecule has 0 aliphatic carbocycles. The van der Waals surface area contributed by atoms with Crippen molar-refractivity contribution in [2.24, 2.45) is 0 Å². The number of nitrogens with one attached hydrogen (secondary N) is 2. The monoisotopic (exact) mass is 349 g/mol. The smallest absolute Gasteiger partial charge is 0.255 e. The van der Waals surface area contributed by atoms with Crippen molar-refractivity contribution < 1.29 is 14.0 Å². The second-order valence-corrected chi connectivity index (χ2v) is 5.58. The zero-order valence-electron chi connectivity index (χ0n) is 13.8. The van der Waals surface area contributed by atoms with Crippen LogP contribution in [0.1, 0.15) is 26.3 Å². The number of carbonyl (C=O) groups excluding carboxylic acids is 2. The van der Waals surface area contributed by atoms with Gasteiger partial charge in [-0.15, -0.1) is 0 Å². The number of hydrogen-bond acceptors (Lipinski definition) is 3. The van der Waals surface area contributed by atoms with Crippen molar-refractivity contribution in [3.63, 3.8) is 0 Å². The molecule has 0 unspecified atom stereocenters. The number of hydrogen-bond donors (Lipinski definition) is 2. The molecule has 0 saturated carbocycles. The normalized spacial score (nSPS) is 10.2. The number of anilines is 1. The number of nitrogens with zero attached hydrogens (tertiary/aromatic N) is 1. The Bertz CT molecular complexity index is 929. The largest absolute Gasteiger partial charge is 0.348 e. The Hall–Kier alpha value is -3.54. The van der Waals surface area contributed by atoms with Gasteiger partial charge in [0.2, 0.25) is 0 Å². The average Bonchev–Trinajstić information content (AvgIpc) is 2.67. The van der Waals surface area contributed by atoms with Crippen LogP contribution in [0.5, 0.6) is 0 Å².